The van der Waals surface area contributed by atoms with Gasteiger partial charge >= 0.3 is 5.97 Å². The number of nitrogens with zero attached hydrogens (tertiary/aromatic N) is 4. The predicted octanol–water partition coefficient (Wildman–Crippen LogP) is 2.67. The maximum Gasteiger partial charge on any atom is 0.342 e. The van der Waals surface area contributed by atoms with Crippen LogP contribution in [0.4, 0.5) is 5.13 Å². The third-order valence-corrected chi connectivity index (χ3v) is 5.25. The summed E-state index contributed by atoms with van der Waals surface area (Å²) in [5.74, 6) is -0.589. The van der Waals surface area contributed by atoms with Crippen molar-refractivity contribution in [3.63, 3.8) is 0 Å². The standard InChI is InChI=1S/C15H13BrN4O3S/c1-19-8-13(20(22,9-19)15-18-7-12(16)24-15)23-14(21)11-4-2-10(6-17)3-5-11/h2-5,7,13H,8-9H2,1H3. The molecule has 1 aliphatic rings. The monoisotopic (exact) mass is 408 g/mol. The molecule has 1 aromatic heterocycles. The number of carbonyl (C=O) groups excluding carboxylic acids is 1. The van der Waals surface area contributed by atoms with Crippen LogP contribution in [0.25, 0.3) is 0 Å². The van der Waals surface area contributed by atoms with Gasteiger partial charge in [-0.25, -0.2) is 9.69 Å². The lowest BCUT2D eigenvalue weighted by Gasteiger charge is -2.38. The van der Waals surface area contributed by atoms with Gasteiger partial charge in [0.1, 0.15) is 6.67 Å². The van der Waals surface area contributed by atoms with Crippen molar-refractivity contribution in [3.05, 3.63) is 50.6 Å². The van der Waals surface area contributed by atoms with Crippen molar-refractivity contribution >= 4 is 38.4 Å². The van der Waals surface area contributed by atoms with E-state index in [4.69, 9.17) is 10.00 Å². The molecule has 9 heteroatoms. The lowest BCUT2D eigenvalue weighted by molar-refractivity contribution is 0.00570. The first-order chi connectivity index (χ1) is 11.4. The largest absolute Gasteiger partial charge is 0.622 e. The Labute approximate surface area is 151 Å². The Morgan fingerprint density at radius 1 is 1.54 bits per heavy atom. The molecule has 1 fully saturated rings. The minimum absolute atomic E-state index is 0.158. The molecule has 24 heavy (non-hydrogen) atoms. The number of rotatable bonds is 3. The van der Waals surface area contributed by atoms with Crippen LogP contribution in [0.2, 0.25) is 0 Å². The highest BCUT2D eigenvalue weighted by Gasteiger charge is 2.44. The van der Waals surface area contributed by atoms with Crippen molar-refractivity contribution in [3.8, 4) is 6.07 Å². The highest BCUT2D eigenvalue weighted by molar-refractivity contribution is 9.11. The van der Waals surface area contributed by atoms with Crippen LogP contribution in [0.15, 0.2) is 34.2 Å². The second-order valence-corrected chi connectivity index (χ2v) is 7.86. The molecule has 0 radical (unpaired) electrons. The number of esters is 1. The average Bonchev–Trinajstić information content (AvgIpc) is 3.12. The van der Waals surface area contributed by atoms with Crippen molar-refractivity contribution in [1.82, 2.24) is 14.5 Å². The third kappa shape index (κ3) is 3.19. The Bertz CT molecular complexity index is 804. The number of benzene rings is 1. The summed E-state index contributed by atoms with van der Waals surface area (Å²) in [6.07, 6.45) is 0.673. The van der Waals surface area contributed by atoms with Gasteiger partial charge in [-0.05, 0) is 58.6 Å². The molecule has 0 bridgehead atoms. The lowest BCUT2D eigenvalue weighted by atomic mass is 10.1. The second-order valence-electron chi connectivity index (χ2n) is 5.47. The van der Waals surface area contributed by atoms with Gasteiger partial charge in [0.05, 0.1) is 33.7 Å². The Balaban J connectivity index is 1.81. The van der Waals surface area contributed by atoms with Gasteiger partial charge in [-0.1, -0.05) is 0 Å². The first kappa shape index (κ1) is 17.0. The van der Waals surface area contributed by atoms with E-state index in [-0.39, 0.29) is 6.67 Å². The molecule has 0 saturated carbocycles. The molecule has 1 aromatic carbocycles. The van der Waals surface area contributed by atoms with Gasteiger partial charge in [0, 0.05) is 0 Å². The van der Waals surface area contributed by atoms with Crippen LogP contribution in [-0.2, 0) is 4.74 Å². The molecule has 2 unspecified atom stereocenters. The quantitative estimate of drug-likeness (QED) is 0.440. The Morgan fingerprint density at radius 3 is 2.83 bits per heavy atom. The normalized spacial score (nSPS) is 23.8. The lowest BCUT2D eigenvalue weighted by Crippen LogP contribution is -2.50. The fourth-order valence-corrected chi connectivity index (χ4v) is 3.76. The fraction of sp³-hybridized carbons (Fsp3) is 0.267. The Hall–Kier alpha value is -1.83. The summed E-state index contributed by atoms with van der Waals surface area (Å²) in [4.78, 5) is 18.3. The summed E-state index contributed by atoms with van der Waals surface area (Å²) < 4.78 is 5.39. The van der Waals surface area contributed by atoms with Gasteiger partial charge < -0.3 is 9.94 Å². The molecule has 7 nitrogen and oxygen atoms in total. The van der Waals surface area contributed by atoms with E-state index in [0.717, 1.165) is 3.79 Å². The van der Waals surface area contributed by atoms with Gasteiger partial charge in [0.15, 0.2) is 0 Å². The van der Waals surface area contributed by atoms with Crippen LogP contribution in [0, 0.1) is 16.5 Å². The van der Waals surface area contributed by atoms with Crippen molar-refractivity contribution in [1.29, 1.82) is 5.26 Å². The van der Waals surface area contributed by atoms with Gasteiger partial charge in [-0.15, -0.1) is 0 Å². The molecule has 2 aromatic rings. The molecule has 124 valence electrons. The van der Waals surface area contributed by atoms with Crippen LogP contribution in [0.1, 0.15) is 15.9 Å². The average molecular weight is 409 g/mol. The van der Waals surface area contributed by atoms with E-state index in [1.165, 1.54) is 35.6 Å². The number of halogens is 1. The molecule has 3 rings (SSSR count). The minimum Gasteiger partial charge on any atom is -0.622 e. The number of ether oxygens (including phenoxy) is 1. The summed E-state index contributed by atoms with van der Waals surface area (Å²) >= 11 is 4.53. The summed E-state index contributed by atoms with van der Waals surface area (Å²) in [7, 11) is 1.79. The van der Waals surface area contributed by atoms with Crippen LogP contribution in [0.5, 0.6) is 0 Å². The molecule has 0 N–H and O–H groups in total. The van der Waals surface area contributed by atoms with E-state index in [1.807, 2.05) is 6.07 Å². The number of hydroxylamine groups is 2. The molecule has 1 aliphatic heterocycles. The molecular weight excluding hydrogens is 396 g/mol. The Kier molecular flexibility index (Phi) is 4.67. The van der Waals surface area contributed by atoms with Crippen LogP contribution < -0.4 is 4.65 Å². The molecule has 0 spiro atoms. The van der Waals surface area contributed by atoms with E-state index in [2.05, 4.69) is 20.9 Å². The van der Waals surface area contributed by atoms with Crippen LogP contribution in [0.3, 0.4) is 0 Å². The van der Waals surface area contributed by atoms with Gasteiger partial charge in [-0.2, -0.15) is 10.2 Å². The predicted molar refractivity (Wildman–Crippen MR) is 92.8 cm³/mol. The summed E-state index contributed by atoms with van der Waals surface area (Å²) in [6.45, 7) is 0.480. The summed E-state index contributed by atoms with van der Waals surface area (Å²) in [5, 5.41) is 22.4. The molecule has 2 heterocycles. The van der Waals surface area contributed by atoms with Crippen molar-refractivity contribution in [2.75, 3.05) is 20.3 Å². The maximum absolute atomic E-state index is 13.2. The first-order valence-corrected chi connectivity index (χ1v) is 8.63. The van der Waals surface area contributed by atoms with Crippen LogP contribution >= 0.6 is 27.3 Å². The zero-order chi connectivity index (χ0) is 17.3. The highest BCUT2D eigenvalue weighted by atomic mass is 79.9. The van der Waals surface area contributed by atoms with E-state index < -0.39 is 16.8 Å². The molecule has 0 aliphatic carbocycles. The van der Waals surface area contributed by atoms with Crippen molar-refractivity contribution in [2.24, 2.45) is 0 Å². The fourth-order valence-electron chi connectivity index (χ4n) is 2.51. The number of hydrogen-bond acceptors (Lipinski definition) is 7. The number of nitriles is 1. The second kappa shape index (κ2) is 6.58. The number of thiazole rings is 1. The molecule has 0 amide bonds. The first-order valence-electron chi connectivity index (χ1n) is 7.03. The number of hydrogen-bond donors (Lipinski definition) is 0. The zero-order valence-corrected chi connectivity index (χ0v) is 15.1. The number of likely N-dealkylation sites (N-methyl/N-ethyl adjacent to an activating group) is 1. The number of quaternary nitrogens is 1. The maximum atomic E-state index is 13.2. The molecule has 2 atom stereocenters. The third-order valence-electron chi connectivity index (χ3n) is 3.67. The summed E-state index contributed by atoms with van der Waals surface area (Å²) in [6, 6.07) is 8.08. The van der Waals surface area contributed by atoms with Crippen LogP contribution in [-0.4, -0.2) is 42.3 Å². The topological polar surface area (TPSA) is 89.3 Å². The minimum atomic E-state index is -0.892. The van der Waals surface area contributed by atoms with E-state index in [9.17, 15) is 10.0 Å². The zero-order valence-electron chi connectivity index (χ0n) is 12.7. The number of aromatic nitrogens is 1. The van der Waals surface area contributed by atoms with Gasteiger partial charge in [-0.3, -0.25) is 4.65 Å². The summed E-state index contributed by atoms with van der Waals surface area (Å²) in [5.41, 5.74) is 0.754. The molecular formula is C15H13BrN4O3S. The van der Waals surface area contributed by atoms with Gasteiger partial charge in [0.2, 0.25) is 0 Å². The molecule has 1 saturated heterocycles. The smallest absolute Gasteiger partial charge is 0.342 e. The highest BCUT2D eigenvalue weighted by Crippen LogP contribution is 2.36. The van der Waals surface area contributed by atoms with E-state index >= 15 is 0 Å². The van der Waals surface area contributed by atoms with E-state index in [0.29, 0.717) is 22.8 Å². The SMILES string of the molecule is CN1CC(OC(=O)c2ccc(C#N)cc2)[N+]([O-])(c2ncc(Br)s2)C1. The van der Waals surface area contributed by atoms with Crippen molar-refractivity contribution < 1.29 is 9.53 Å². The Morgan fingerprint density at radius 2 is 2.25 bits per heavy atom. The van der Waals surface area contributed by atoms with Crippen molar-refractivity contribution in [2.45, 2.75) is 6.23 Å². The van der Waals surface area contributed by atoms with E-state index in [1.54, 1.807) is 18.1 Å². The number of carbonyl (C=O) groups is 1. The van der Waals surface area contributed by atoms with Gasteiger partial charge in [0.25, 0.3) is 11.4 Å².